The number of aromatic nitrogens is 4. The first-order valence-corrected chi connectivity index (χ1v) is 11.8. The van der Waals surface area contributed by atoms with Crippen molar-refractivity contribution in [3.05, 3.63) is 96.3 Å². The van der Waals surface area contributed by atoms with Gasteiger partial charge in [0.05, 0.1) is 37.0 Å². The third-order valence-corrected chi connectivity index (χ3v) is 5.90. The number of carbonyl (C=O) groups is 2. The van der Waals surface area contributed by atoms with E-state index >= 15 is 0 Å². The Morgan fingerprint density at radius 2 is 1.65 bits per heavy atom. The van der Waals surface area contributed by atoms with Crippen molar-refractivity contribution in [2.45, 2.75) is 6.54 Å². The van der Waals surface area contributed by atoms with Gasteiger partial charge in [-0.15, -0.1) is 0 Å². The number of ether oxygens (including phenoxy) is 3. The second kappa shape index (κ2) is 11.2. The van der Waals surface area contributed by atoms with Gasteiger partial charge in [-0.1, -0.05) is 12.1 Å². The molecule has 0 saturated heterocycles. The van der Waals surface area contributed by atoms with Gasteiger partial charge in [0.2, 0.25) is 5.88 Å². The van der Waals surface area contributed by atoms with Crippen molar-refractivity contribution in [2.24, 2.45) is 0 Å². The Balaban J connectivity index is 1.33. The molecule has 1 amide bonds. The molecule has 0 spiro atoms. The summed E-state index contributed by atoms with van der Waals surface area (Å²) >= 11 is 0. The van der Waals surface area contributed by atoms with Crippen LogP contribution >= 0.6 is 0 Å². The number of ketones is 1. The van der Waals surface area contributed by atoms with E-state index in [1.165, 1.54) is 20.5 Å². The van der Waals surface area contributed by atoms with Gasteiger partial charge in [0.1, 0.15) is 23.7 Å². The first-order chi connectivity index (χ1) is 19.4. The lowest BCUT2D eigenvalue weighted by Gasteiger charge is -2.12. The smallest absolute Gasteiger partial charge is 0.296 e. The van der Waals surface area contributed by atoms with Crippen molar-refractivity contribution in [1.82, 2.24) is 19.5 Å². The molecule has 0 saturated carbocycles. The third-order valence-electron chi connectivity index (χ3n) is 5.90. The molecule has 1 N–H and O–H groups in total. The summed E-state index contributed by atoms with van der Waals surface area (Å²) in [5, 5.41) is 2.75. The fourth-order valence-corrected chi connectivity index (χ4v) is 3.96. The summed E-state index contributed by atoms with van der Waals surface area (Å²) in [5.74, 6) is -4.64. The Hall–Kier alpha value is -5.39. The molecule has 2 aromatic heterocycles. The Labute approximate surface area is 226 Å². The van der Waals surface area contributed by atoms with Crippen molar-refractivity contribution < 1.29 is 32.6 Å². The number of fused-ring (bicyclic) bond motifs is 1. The van der Waals surface area contributed by atoms with E-state index in [9.17, 15) is 18.4 Å². The highest BCUT2D eigenvalue weighted by Gasteiger charge is 2.26. The lowest BCUT2D eigenvalue weighted by molar-refractivity contribution is -0.112. The molecule has 0 aliphatic heterocycles. The second-order valence-corrected chi connectivity index (χ2v) is 8.48. The highest BCUT2D eigenvalue weighted by Crippen LogP contribution is 2.36. The summed E-state index contributed by atoms with van der Waals surface area (Å²) in [6, 6.07) is 11.4. The Bertz CT molecular complexity index is 1690. The summed E-state index contributed by atoms with van der Waals surface area (Å²) in [6.07, 6.45) is 6.34. The van der Waals surface area contributed by atoms with Crippen molar-refractivity contribution >= 4 is 28.3 Å². The largest absolute Gasteiger partial charge is 0.493 e. The molecule has 0 fully saturated rings. The molecule has 5 rings (SSSR count). The number of halogens is 2. The molecule has 5 aromatic rings. The fourth-order valence-electron chi connectivity index (χ4n) is 3.96. The third kappa shape index (κ3) is 5.41. The highest BCUT2D eigenvalue weighted by atomic mass is 19.1. The fraction of sp³-hybridized carbons (Fsp3) is 0.107. The second-order valence-electron chi connectivity index (χ2n) is 8.48. The van der Waals surface area contributed by atoms with Gasteiger partial charge in [-0.05, 0) is 23.8 Å². The molecule has 0 aliphatic carbocycles. The zero-order chi connectivity index (χ0) is 28.2. The molecule has 0 radical (unpaired) electrons. The summed E-state index contributed by atoms with van der Waals surface area (Å²) in [5.41, 5.74) is 0.627. The van der Waals surface area contributed by atoms with Gasteiger partial charge >= 0.3 is 0 Å². The first-order valence-electron chi connectivity index (χ1n) is 11.8. The number of imidazole rings is 1. The quantitative estimate of drug-likeness (QED) is 0.208. The average molecular weight is 546 g/mol. The van der Waals surface area contributed by atoms with Crippen LogP contribution in [0.25, 0.3) is 10.9 Å². The van der Waals surface area contributed by atoms with Crippen molar-refractivity contribution in [3.8, 4) is 23.1 Å². The van der Waals surface area contributed by atoms with Crippen LogP contribution in [0.5, 0.6) is 23.1 Å². The van der Waals surface area contributed by atoms with Gasteiger partial charge in [-0.25, -0.2) is 23.7 Å². The summed E-state index contributed by atoms with van der Waals surface area (Å²) in [4.78, 5) is 37.3. The van der Waals surface area contributed by atoms with Crippen LogP contribution in [0.15, 0.2) is 73.6 Å². The molecule has 10 nitrogen and oxygen atoms in total. The SMILES string of the molecule is COc1cc2ncnc(Oc3cc(F)c(C(=O)C(=O)Nc4ccc(Cn5ccnc5)cc4)c(F)c3)c2cc1OC. The number of benzene rings is 3. The minimum absolute atomic E-state index is 0.0157. The Morgan fingerprint density at radius 3 is 2.30 bits per heavy atom. The van der Waals surface area contributed by atoms with Crippen LogP contribution in [0.2, 0.25) is 0 Å². The molecule has 0 bridgehead atoms. The Kier molecular flexibility index (Phi) is 7.31. The predicted molar refractivity (Wildman–Crippen MR) is 140 cm³/mol. The van der Waals surface area contributed by atoms with E-state index in [1.807, 2.05) is 4.57 Å². The van der Waals surface area contributed by atoms with E-state index in [1.54, 1.807) is 55.1 Å². The molecular formula is C28H21F2N5O5. The number of Topliss-reactive ketones (excluding diaryl/α,β-unsaturated/α-hetero) is 1. The zero-order valence-electron chi connectivity index (χ0n) is 21.2. The minimum atomic E-state index is -1.38. The van der Waals surface area contributed by atoms with Gasteiger partial charge in [-0.2, -0.15) is 0 Å². The lowest BCUT2D eigenvalue weighted by Crippen LogP contribution is -2.25. The number of amides is 1. The maximum absolute atomic E-state index is 14.9. The standard InChI is InChI=1S/C28H21F2N5O5/c1-38-23-11-19-22(12-24(23)39-2)32-14-33-28(19)40-18-9-20(29)25(21(30)10-18)26(36)27(37)34-17-5-3-16(4-6-17)13-35-8-7-31-15-35/h3-12,14-15H,13H2,1-2H3,(H,34,37). The summed E-state index contributed by atoms with van der Waals surface area (Å²) in [7, 11) is 2.92. The number of hydrogen-bond donors (Lipinski definition) is 1. The van der Waals surface area contributed by atoms with E-state index in [0.717, 1.165) is 17.7 Å². The van der Waals surface area contributed by atoms with E-state index in [2.05, 4.69) is 20.3 Å². The topological polar surface area (TPSA) is 117 Å². The van der Waals surface area contributed by atoms with Crippen LogP contribution in [0.4, 0.5) is 14.5 Å². The molecule has 2 heterocycles. The van der Waals surface area contributed by atoms with Crippen LogP contribution in [0, 0.1) is 11.6 Å². The van der Waals surface area contributed by atoms with Gasteiger partial charge in [0, 0.05) is 42.8 Å². The van der Waals surface area contributed by atoms with Crippen LogP contribution in [-0.2, 0) is 11.3 Å². The molecule has 0 aliphatic rings. The van der Waals surface area contributed by atoms with Crippen LogP contribution in [0.3, 0.4) is 0 Å². The zero-order valence-corrected chi connectivity index (χ0v) is 21.2. The number of methoxy groups -OCH3 is 2. The lowest BCUT2D eigenvalue weighted by atomic mass is 10.1. The average Bonchev–Trinajstić information content (AvgIpc) is 3.46. The molecule has 0 unspecified atom stereocenters. The van der Waals surface area contributed by atoms with E-state index < -0.39 is 28.9 Å². The Morgan fingerprint density at radius 1 is 0.950 bits per heavy atom. The van der Waals surface area contributed by atoms with Gasteiger partial charge in [0.15, 0.2) is 11.5 Å². The number of nitrogens with one attached hydrogen (secondary N) is 1. The first kappa shape index (κ1) is 26.2. The van der Waals surface area contributed by atoms with Crippen LogP contribution in [0.1, 0.15) is 15.9 Å². The number of nitrogens with zero attached hydrogens (tertiary/aromatic N) is 4. The summed E-state index contributed by atoms with van der Waals surface area (Å²) in [6.45, 7) is 0.560. The molecule has 12 heteroatoms. The van der Waals surface area contributed by atoms with Crippen molar-refractivity contribution in [1.29, 1.82) is 0 Å². The molecule has 40 heavy (non-hydrogen) atoms. The number of anilines is 1. The highest BCUT2D eigenvalue weighted by molar-refractivity contribution is 6.46. The number of hydrogen-bond acceptors (Lipinski definition) is 8. The van der Waals surface area contributed by atoms with E-state index in [-0.39, 0.29) is 17.3 Å². The van der Waals surface area contributed by atoms with Gasteiger partial charge in [-0.3, -0.25) is 9.59 Å². The normalized spacial score (nSPS) is 10.8. The van der Waals surface area contributed by atoms with Crippen LogP contribution < -0.4 is 19.5 Å². The van der Waals surface area contributed by atoms with E-state index in [0.29, 0.717) is 28.9 Å². The predicted octanol–water partition coefficient (Wildman–Crippen LogP) is 4.78. The van der Waals surface area contributed by atoms with Gasteiger partial charge in [0.25, 0.3) is 11.7 Å². The maximum atomic E-state index is 14.9. The van der Waals surface area contributed by atoms with E-state index in [4.69, 9.17) is 14.2 Å². The number of rotatable bonds is 9. The summed E-state index contributed by atoms with van der Waals surface area (Å²) < 4.78 is 47.9. The monoisotopic (exact) mass is 545 g/mol. The maximum Gasteiger partial charge on any atom is 0.296 e. The van der Waals surface area contributed by atoms with Crippen LogP contribution in [-0.4, -0.2) is 45.4 Å². The van der Waals surface area contributed by atoms with Crippen molar-refractivity contribution in [3.63, 3.8) is 0 Å². The molecular weight excluding hydrogens is 524 g/mol. The number of carbonyl (C=O) groups excluding carboxylic acids is 2. The molecule has 202 valence electrons. The van der Waals surface area contributed by atoms with Crippen molar-refractivity contribution in [2.75, 3.05) is 19.5 Å². The van der Waals surface area contributed by atoms with Gasteiger partial charge < -0.3 is 24.1 Å². The minimum Gasteiger partial charge on any atom is -0.493 e. The molecule has 3 aromatic carbocycles. The molecule has 0 atom stereocenters.